The highest BCUT2D eigenvalue weighted by atomic mass is 32.2. The lowest BCUT2D eigenvalue weighted by Gasteiger charge is -2.20. The van der Waals surface area contributed by atoms with Gasteiger partial charge in [-0.1, -0.05) is 47.4 Å². The average molecular weight is 488 g/mol. The Bertz CT molecular complexity index is 1290. The lowest BCUT2D eigenvalue weighted by atomic mass is 10.2. The molecule has 0 atom stereocenters. The molecule has 4 rings (SSSR count). The summed E-state index contributed by atoms with van der Waals surface area (Å²) in [6.45, 7) is 5.91. The number of allylic oxidation sites excluding steroid dienone is 2. The van der Waals surface area contributed by atoms with E-state index in [1.807, 2.05) is 12.1 Å². The van der Waals surface area contributed by atoms with Crippen LogP contribution in [0.4, 0.5) is 5.69 Å². The molecule has 1 aromatic heterocycles. The van der Waals surface area contributed by atoms with Crippen molar-refractivity contribution in [2.45, 2.75) is 38.1 Å². The zero-order chi connectivity index (χ0) is 22.7. The number of aromatic nitrogens is 1. The largest absolute Gasteiger partial charge is 0.335 e. The van der Waals surface area contributed by atoms with Crippen molar-refractivity contribution < 1.29 is 17.5 Å². The van der Waals surface area contributed by atoms with Crippen LogP contribution in [-0.4, -0.2) is 25.3 Å². The number of thioether (sulfide) groups is 1. The summed E-state index contributed by atoms with van der Waals surface area (Å²) in [6, 6.07) is 16.8. The molecule has 168 valence electrons. The molecule has 0 saturated carbocycles. The van der Waals surface area contributed by atoms with E-state index in [0.717, 1.165) is 22.8 Å². The molecule has 0 bridgehead atoms. The smallest absolute Gasteiger partial charge is 0.264 e. The third-order valence-corrected chi connectivity index (χ3v) is 8.36. The van der Waals surface area contributed by atoms with Crippen LogP contribution in [0.15, 0.2) is 70.1 Å². The first-order valence-electron chi connectivity index (χ1n) is 10.7. The lowest BCUT2D eigenvalue weighted by molar-refractivity contribution is -0.665. The van der Waals surface area contributed by atoms with E-state index in [-0.39, 0.29) is 5.75 Å². The summed E-state index contributed by atoms with van der Waals surface area (Å²) in [7, 11) is -3.91. The van der Waals surface area contributed by atoms with Gasteiger partial charge in [0.1, 0.15) is 11.2 Å². The molecule has 0 amide bonds. The third-order valence-electron chi connectivity index (χ3n) is 5.33. The van der Waals surface area contributed by atoms with Crippen molar-refractivity contribution in [3.63, 3.8) is 0 Å². The van der Waals surface area contributed by atoms with Gasteiger partial charge in [0.2, 0.25) is 5.52 Å². The van der Waals surface area contributed by atoms with Crippen molar-refractivity contribution in [1.29, 1.82) is 0 Å². The topological polar surface area (TPSA) is 61.5 Å². The van der Waals surface area contributed by atoms with Crippen LogP contribution in [0.5, 0.6) is 0 Å². The van der Waals surface area contributed by atoms with E-state index < -0.39 is 10.1 Å². The quantitative estimate of drug-likeness (QED) is 0.250. The molecule has 1 aliphatic heterocycles. The number of fused-ring (bicyclic) bond motifs is 2. The number of benzene rings is 2. The molecule has 2 aromatic carbocycles. The molecule has 1 aliphatic rings. The summed E-state index contributed by atoms with van der Waals surface area (Å²) in [5.41, 5.74) is 3.57. The Kier molecular flexibility index (Phi) is 7.05. The van der Waals surface area contributed by atoms with Gasteiger partial charge in [0.15, 0.2) is 0 Å². The molecular formula is C24H27N2O3S3+. The Morgan fingerprint density at radius 2 is 1.88 bits per heavy atom. The van der Waals surface area contributed by atoms with Crippen LogP contribution in [0, 0.1) is 0 Å². The van der Waals surface area contributed by atoms with Crippen molar-refractivity contribution in [1.82, 2.24) is 0 Å². The first-order chi connectivity index (χ1) is 15.4. The highest BCUT2D eigenvalue weighted by molar-refractivity contribution is 8.03. The fraction of sp³-hybridized carbons (Fsp3) is 0.292. The van der Waals surface area contributed by atoms with Crippen LogP contribution in [0.25, 0.3) is 16.3 Å². The van der Waals surface area contributed by atoms with Gasteiger partial charge in [-0.25, -0.2) is 0 Å². The van der Waals surface area contributed by atoms with Crippen LogP contribution < -0.4 is 9.47 Å². The second kappa shape index (κ2) is 9.79. The molecule has 2 heterocycles. The lowest BCUT2D eigenvalue weighted by Crippen LogP contribution is -2.33. The standard InChI is InChI=1S/C24H26N2O3S3/c1-3-25-19-10-4-6-12-21(19)30-23(25)16-18(2)17-24-26(14-8-9-15-32(27,28)29)20-11-5-7-13-22(20)31-24/h4-7,10-13,16-17H,3,8-9,14-15H2,1-2H3/p+1. The minimum atomic E-state index is -3.91. The number of hydrogen-bond acceptors (Lipinski definition) is 5. The number of anilines is 1. The van der Waals surface area contributed by atoms with Crippen molar-refractivity contribution in [3.05, 3.63) is 70.2 Å². The maximum atomic E-state index is 11.0. The molecule has 8 heteroatoms. The van der Waals surface area contributed by atoms with Gasteiger partial charge < -0.3 is 4.90 Å². The fourth-order valence-electron chi connectivity index (χ4n) is 3.86. The SMILES string of the molecule is CC[n+]1c(C=C(C)C=C2Sc3ccccc3N2CCCCS(=O)(=O)O)sc2ccccc21. The first-order valence-corrected chi connectivity index (χ1v) is 13.9. The molecule has 0 unspecified atom stereocenters. The Hall–Kier alpha value is -2.13. The summed E-state index contributed by atoms with van der Waals surface area (Å²) in [5.74, 6) is -0.198. The van der Waals surface area contributed by atoms with Gasteiger partial charge in [0, 0.05) is 23.6 Å². The van der Waals surface area contributed by atoms with Gasteiger partial charge in [-0.3, -0.25) is 4.55 Å². The van der Waals surface area contributed by atoms with Gasteiger partial charge >= 0.3 is 0 Å². The number of unbranched alkanes of at least 4 members (excludes halogenated alkanes) is 1. The molecule has 0 saturated heterocycles. The monoisotopic (exact) mass is 487 g/mol. The summed E-state index contributed by atoms with van der Waals surface area (Å²) in [5, 5.41) is 2.36. The Labute approximate surface area is 197 Å². The number of hydrogen-bond donors (Lipinski definition) is 1. The Morgan fingerprint density at radius 3 is 2.66 bits per heavy atom. The third kappa shape index (κ3) is 5.26. The summed E-state index contributed by atoms with van der Waals surface area (Å²) >= 11 is 3.54. The van der Waals surface area contributed by atoms with Crippen molar-refractivity contribution in [2.24, 2.45) is 0 Å². The van der Waals surface area contributed by atoms with Gasteiger partial charge in [0.05, 0.1) is 16.5 Å². The van der Waals surface area contributed by atoms with Crippen LogP contribution in [0.3, 0.4) is 0 Å². The van der Waals surface area contributed by atoms with E-state index in [4.69, 9.17) is 4.55 Å². The fourth-order valence-corrected chi connectivity index (χ4v) is 6.87. The predicted molar refractivity (Wildman–Crippen MR) is 135 cm³/mol. The number of rotatable bonds is 8. The molecule has 0 aliphatic carbocycles. The summed E-state index contributed by atoms with van der Waals surface area (Å²) in [4.78, 5) is 3.45. The van der Waals surface area contributed by atoms with Crippen molar-refractivity contribution in [2.75, 3.05) is 17.2 Å². The highest BCUT2D eigenvalue weighted by Crippen LogP contribution is 2.46. The minimum absolute atomic E-state index is 0.198. The second-order valence-electron chi connectivity index (χ2n) is 7.74. The van der Waals surface area contributed by atoms with E-state index in [0.29, 0.717) is 19.4 Å². The summed E-state index contributed by atoms with van der Waals surface area (Å²) in [6.07, 6.45) is 5.56. The van der Waals surface area contributed by atoms with Gasteiger partial charge in [0.25, 0.3) is 15.1 Å². The zero-order valence-electron chi connectivity index (χ0n) is 18.2. The molecule has 0 radical (unpaired) electrons. The van der Waals surface area contributed by atoms with Crippen LogP contribution in [0.2, 0.25) is 0 Å². The van der Waals surface area contributed by atoms with Gasteiger partial charge in [-0.15, -0.1) is 0 Å². The average Bonchev–Trinajstić information content (AvgIpc) is 3.27. The maximum Gasteiger partial charge on any atom is 0.264 e. The number of para-hydroxylation sites is 2. The molecule has 5 nitrogen and oxygen atoms in total. The van der Waals surface area contributed by atoms with Crippen LogP contribution in [0.1, 0.15) is 31.7 Å². The predicted octanol–water partition coefficient (Wildman–Crippen LogP) is 5.73. The molecule has 0 fully saturated rings. The molecule has 3 aromatic rings. The van der Waals surface area contributed by atoms with E-state index in [9.17, 15) is 8.42 Å². The van der Waals surface area contributed by atoms with E-state index in [1.54, 1.807) is 23.1 Å². The molecule has 0 spiro atoms. The maximum absolute atomic E-state index is 11.0. The highest BCUT2D eigenvalue weighted by Gasteiger charge is 2.25. The van der Waals surface area contributed by atoms with E-state index >= 15 is 0 Å². The van der Waals surface area contributed by atoms with Gasteiger partial charge in [-0.05, 0) is 56.5 Å². The minimum Gasteiger partial charge on any atom is -0.335 e. The zero-order valence-corrected chi connectivity index (χ0v) is 20.6. The molecule has 1 N–H and O–H groups in total. The number of nitrogens with zero attached hydrogens (tertiary/aromatic N) is 2. The van der Waals surface area contributed by atoms with E-state index in [1.165, 1.54) is 20.1 Å². The van der Waals surface area contributed by atoms with Gasteiger partial charge in [-0.2, -0.15) is 13.0 Å². The first kappa shape index (κ1) is 23.0. The summed E-state index contributed by atoms with van der Waals surface area (Å²) < 4.78 is 34.7. The Morgan fingerprint density at radius 1 is 1.12 bits per heavy atom. The van der Waals surface area contributed by atoms with Crippen LogP contribution in [-0.2, 0) is 16.7 Å². The number of aryl methyl sites for hydroxylation is 1. The Balaban J connectivity index is 1.60. The normalized spacial score (nSPS) is 15.7. The van der Waals surface area contributed by atoms with Crippen LogP contribution >= 0.6 is 23.1 Å². The molecule has 32 heavy (non-hydrogen) atoms. The van der Waals surface area contributed by atoms with Crippen molar-refractivity contribution >= 4 is 55.2 Å². The number of thiazole rings is 1. The second-order valence-corrected chi connectivity index (χ2v) is 11.4. The molecular weight excluding hydrogens is 460 g/mol. The van der Waals surface area contributed by atoms with Crippen molar-refractivity contribution in [3.8, 4) is 0 Å². The van der Waals surface area contributed by atoms with E-state index in [2.05, 4.69) is 71.9 Å².